The summed E-state index contributed by atoms with van der Waals surface area (Å²) in [5.41, 5.74) is 2.16. The van der Waals surface area contributed by atoms with Gasteiger partial charge in [0.05, 0.1) is 11.3 Å². The van der Waals surface area contributed by atoms with Crippen molar-refractivity contribution in [3.05, 3.63) is 45.6 Å². The van der Waals surface area contributed by atoms with E-state index in [1.165, 1.54) is 37.0 Å². The van der Waals surface area contributed by atoms with Crippen molar-refractivity contribution in [1.82, 2.24) is 0 Å². The molecule has 22 heavy (non-hydrogen) atoms. The van der Waals surface area contributed by atoms with Crippen LogP contribution in [0.1, 0.15) is 58.8 Å². The molecular formula is C18H21NO2S. The molecule has 1 aliphatic rings. The Balaban J connectivity index is 1.72. The predicted molar refractivity (Wildman–Crippen MR) is 90.9 cm³/mol. The molecule has 0 unspecified atom stereocenters. The zero-order valence-corrected chi connectivity index (χ0v) is 13.6. The highest BCUT2D eigenvalue weighted by atomic mass is 32.1. The summed E-state index contributed by atoms with van der Waals surface area (Å²) in [6, 6.07) is 7.22. The van der Waals surface area contributed by atoms with Gasteiger partial charge in [-0.1, -0.05) is 25.3 Å². The predicted octanol–water partition coefficient (Wildman–Crippen LogP) is 5.06. The lowest BCUT2D eigenvalue weighted by atomic mass is 9.88. The van der Waals surface area contributed by atoms with E-state index < -0.39 is 0 Å². The van der Waals surface area contributed by atoms with Crippen molar-refractivity contribution >= 4 is 22.9 Å². The van der Waals surface area contributed by atoms with Crippen LogP contribution >= 0.6 is 11.3 Å². The van der Waals surface area contributed by atoms with Crippen LogP contribution < -0.4 is 5.32 Å². The molecule has 0 radical (unpaired) electrons. The lowest BCUT2D eigenvalue weighted by molar-refractivity contribution is 0.102. The number of thiophene rings is 1. The van der Waals surface area contributed by atoms with Gasteiger partial charge in [-0.25, -0.2) is 0 Å². The molecule has 0 spiro atoms. The molecule has 3 rings (SSSR count). The molecule has 0 atom stereocenters. The van der Waals surface area contributed by atoms with Crippen LogP contribution in [-0.2, 0) is 0 Å². The second kappa shape index (κ2) is 6.53. The Hall–Kier alpha value is -1.81. The summed E-state index contributed by atoms with van der Waals surface area (Å²) in [7, 11) is 0. The van der Waals surface area contributed by atoms with Crippen LogP contribution in [0.15, 0.2) is 29.6 Å². The van der Waals surface area contributed by atoms with Crippen LogP contribution in [0.4, 0.5) is 5.69 Å². The van der Waals surface area contributed by atoms with Gasteiger partial charge >= 0.3 is 0 Å². The van der Waals surface area contributed by atoms with Gasteiger partial charge < -0.3 is 10.4 Å². The number of hydrogen-bond donors (Lipinski definition) is 2. The Labute approximate surface area is 135 Å². The van der Waals surface area contributed by atoms with Crippen molar-refractivity contribution in [2.75, 3.05) is 5.32 Å². The third-order valence-corrected chi connectivity index (χ3v) is 5.38. The molecule has 2 N–H and O–H groups in total. The zero-order chi connectivity index (χ0) is 15.5. The number of aryl methyl sites for hydroxylation is 1. The SMILES string of the molecule is Cc1ccc(O)c(NC(=O)c2csc(C3CCCCC3)c2)c1. The molecular weight excluding hydrogens is 294 g/mol. The smallest absolute Gasteiger partial charge is 0.256 e. The minimum atomic E-state index is -0.154. The molecule has 0 saturated heterocycles. The molecule has 1 aliphatic carbocycles. The van der Waals surface area contributed by atoms with Crippen LogP contribution in [-0.4, -0.2) is 11.0 Å². The number of benzene rings is 1. The maximum Gasteiger partial charge on any atom is 0.256 e. The number of carbonyl (C=O) groups excluding carboxylic acids is 1. The maximum atomic E-state index is 12.4. The molecule has 1 saturated carbocycles. The molecule has 1 fully saturated rings. The fourth-order valence-electron chi connectivity index (χ4n) is 3.02. The van der Waals surface area contributed by atoms with Crippen LogP contribution in [0.25, 0.3) is 0 Å². The largest absolute Gasteiger partial charge is 0.506 e. The summed E-state index contributed by atoms with van der Waals surface area (Å²) in [6.07, 6.45) is 6.39. The van der Waals surface area contributed by atoms with E-state index in [4.69, 9.17) is 0 Å². The second-order valence-corrected chi connectivity index (χ2v) is 6.99. The van der Waals surface area contributed by atoms with Crippen LogP contribution in [0, 0.1) is 6.92 Å². The third-order valence-electron chi connectivity index (χ3n) is 4.29. The third kappa shape index (κ3) is 3.33. The van der Waals surface area contributed by atoms with Gasteiger partial charge in [0.1, 0.15) is 5.75 Å². The van der Waals surface area contributed by atoms with E-state index in [2.05, 4.69) is 5.32 Å². The lowest BCUT2D eigenvalue weighted by Crippen LogP contribution is -2.11. The van der Waals surface area contributed by atoms with Crippen LogP contribution in [0.2, 0.25) is 0 Å². The number of rotatable bonds is 3. The first-order valence-corrected chi connectivity index (χ1v) is 8.71. The Morgan fingerprint density at radius 1 is 1.23 bits per heavy atom. The minimum absolute atomic E-state index is 0.0988. The number of amides is 1. The molecule has 116 valence electrons. The standard InChI is InChI=1S/C18H21NO2S/c1-12-7-8-16(20)15(9-12)19-18(21)14-10-17(22-11-14)13-5-3-2-4-6-13/h7-11,13,20H,2-6H2,1H3,(H,19,21). The minimum Gasteiger partial charge on any atom is -0.506 e. The molecule has 3 nitrogen and oxygen atoms in total. The van der Waals surface area contributed by atoms with Crippen molar-refractivity contribution in [3.63, 3.8) is 0 Å². The van der Waals surface area contributed by atoms with Crippen molar-refractivity contribution in [3.8, 4) is 5.75 Å². The van der Waals surface area contributed by atoms with Gasteiger partial charge in [0.25, 0.3) is 5.91 Å². The Bertz CT molecular complexity index is 671. The summed E-state index contributed by atoms with van der Waals surface area (Å²) in [5.74, 6) is 0.563. The van der Waals surface area contributed by atoms with Gasteiger partial charge in [0, 0.05) is 10.3 Å². The van der Waals surface area contributed by atoms with Gasteiger partial charge in [0.2, 0.25) is 0 Å². The Kier molecular flexibility index (Phi) is 4.48. The van der Waals surface area contributed by atoms with E-state index in [0.717, 1.165) is 5.56 Å². The highest BCUT2D eigenvalue weighted by Crippen LogP contribution is 2.36. The lowest BCUT2D eigenvalue weighted by Gasteiger charge is -2.19. The van der Waals surface area contributed by atoms with Crippen molar-refractivity contribution < 1.29 is 9.90 Å². The fraction of sp³-hybridized carbons (Fsp3) is 0.389. The van der Waals surface area contributed by atoms with Crippen LogP contribution in [0.5, 0.6) is 5.75 Å². The van der Waals surface area contributed by atoms with E-state index in [9.17, 15) is 9.90 Å². The molecule has 0 bridgehead atoms. The topological polar surface area (TPSA) is 49.3 Å². The average molecular weight is 315 g/mol. The molecule has 2 aromatic rings. The number of carbonyl (C=O) groups is 1. The number of aromatic hydroxyl groups is 1. The van der Waals surface area contributed by atoms with Gasteiger partial charge in [-0.2, -0.15) is 0 Å². The molecule has 4 heteroatoms. The number of anilines is 1. The summed E-state index contributed by atoms with van der Waals surface area (Å²) in [4.78, 5) is 13.7. The number of phenolic OH excluding ortho intramolecular Hbond substituents is 1. The monoisotopic (exact) mass is 315 g/mol. The van der Waals surface area contributed by atoms with Crippen molar-refractivity contribution in [1.29, 1.82) is 0 Å². The van der Waals surface area contributed by atoms with E-state index in [1.807, 2.05) is 24.4 Å². The first-order valence-electron chi connectivity index (χ1n) is 7.83. The fourth-order valence-corrected chi connectivity index (χ4v) is 4.08. The Morgan fingerprint density at radius 3 is 2.77 bits per heavy atom. The van der Waals surface area contributed by atoms with E-state index in [1.54, 1.807) is 23.5 Å². The Morgan fingerprint density at radius 2 is 2.00 bits per heavy atom. The van der Waals surface area contributed by atoms with Gasteiger partial charge in [-0.3, -0.25) is 4.79 Å². The van der Waals surface area contributed by atoms with Gasteiger partial charge in [-0.05, 0) is 49.4 Å². The van der Waals surface area contributed by atoms with E-state index >= 15 is 0 Å². The van der Waals surface area contributed by atoms with Crippen molar-refractivity contribution in [2.24, 2.45) is 0 Å². The second-order valence-electron chi connectivity index (χ2n) is 6.05. The molecule has 1 heterocycles. The summed E-state index contributed by atoms with van der Waals surface area (Å²) in [5, 5.41) is 14.6. The first-order chi connectivity index (χ1) is 10.6. The van der Waals surface area contributed by atoms with Gasteiger partial charge in [0.15, 0.2) is 0 Å². The normalized spacial score (nSPS) is 15.7. The van der Waals surface area contributed by atoms with Crippen molar-refractivity contribution in [2.45, 2.75) is 44.9 Å². The van der Waals surface area contributed by atoms with E-state index in [0.29, 0.717) is 17.2 Å². The zero-order valence-electron chi connectivity index (χ0n) is 12.8. The summed E-state index contributed by atoms with van der Waals surface area (Å²) in [6.45, 7) is 1.93. The molecule has 1 amide bonds. The maximum absolute atomic E-state index is 12.4. The summed E-state index contributed by atoms with van der Waals surface area (Å²) < 4.78 is 0. The number of nitrogens with one attached hydrogen (secondary N) is 1. The highest BCUT2D eigenvalue weighted by molar-refractivity contribution is 7.10. The summed E-state index contributed by atoms with van der Waals surface area (Å²) >= 11 is 1.68. The molecule has 0 aliphatic heterocycles. The highest BCUT2D eigenvalue weighted by Gasteiger charge is 2.19. The average Bonchev–Trinajstić information content (AvgIpc) is 3.02. The molecule has 1 aromatic heterocycles. The molecule has 1 aromatic carbocycles. The first kappa shape index (κ1) is 15.1. The number of phenols is 1. The van der Waals surface area contributed by atoms with Gasteiger partial charge in [-0.15, -0.1) is 11.3 Å². The van der Waals surface area contributed by atoms with Crippen LogP contribution in [0.3, 0.4) is 0 Å². The quantitative estimate of drug-likeness (QED) is 0.778. The van der Waals surface area contributed by atoms with E-state index in [-0.39, 0.29) is 11.7 Å². The number of hydrogen-bond acceptors (Lipinski definition) is 3.